The molecule has 0 unspecified atom stereocenters. The fourth-order valence-electron chi connectivity index (χ4n) is 1.07. The highest BCUT2D eigenvalue weighted by Crippen LogP contribution is 2.13. The van der Waals surface area contributed by atoms with Crippen LogP contribution in [0.4, 0.5) is 0 Å². The van der Waals surface area contributed by atoms with Crippen LogP contribution in [0.1, 0.15) is 12.8 Å². The topological polar surface area (TPSA) is 80.9 Å². The predicted molar refractivity (Wildman–Crippen MR) is 63.8 cm³/mol. The van der Waals surface area contributed by atoms with Gasteiger partial charge in [0.2, 0.25) is 5.16 Å². The molecular formula is C8H14N4O2S2. The van der Waals surface area contributed by atoms with Crippen molar-refractivity contribution in [3.63, 3.8) is 0 Å². The highest BCUT2D eigenvalue weighted by atomic mass is 32.2. The zero-order chi connectivity index (χ0) is 11.8. The molecule has 0 amide bonds. The van der Waals surface area contributed by atoms with Gasteiger partial charge in [-0.15, -0.1) is 5.10 Å². The van der Waals surface area contributed by atoms with Crippen LogP contribution in [0.2, 0.25) is 0 Å². The number of hydrogen-bond donors (Lipinski definition) is 1. The molecule has 0 fully saturated rings. The summed E-state index contributed by atoms with van der Waals surface area (Å²) in [6.45, 7) is 0.746. The lowest BCUT2D eigenvalue weighted by atomic mass is 10.3. The summed E-state index contributed by atoms with van der Waals surface area (Å²) in [6, 6.07) is 0. The third kappa shape index (κ3) is 4.84. The van der Waals surface area contributed by atoms with Crippen LogP contribution in [0.25, 0.3) is 0 Å². The number of thioether (sulfide) groups is 2. The molecule has 0 aliphatic heterocycles. The van der Waals surface area contributed by atoms with E-state index in [1.807, 2.05) is 11.8 Å². The number of carboxylic acid groups (broad SMARTS) is 1. The van der Waals surface area contributed by atoms with E-state index in [1.54, 1.807) is 4.68 Å². The molecule has 0 aliphatic rings. The van der Waals surface area contributed by atoms with Crippen molar-refractivity contribution in [2.24, 2.45) is 0 Å². The zero-order valence-corrected chi connectivity index (χ0v) is 10.6. The van der Waals surface area contributed by atoms with Crippen molar-refractivity contribution >= 4 is 29.5 Å². The Bertz CT molecular complexity index is 332. The number of aryl methyl sites for hydroxylation is 1. The van der Waals surface area contributed by atoms with Crippen LogP contribution in [0.15, 0.2) is 5.16 Å². The third-order valence-electron chi connectivity index (χ3n) is 1.79. The first-order valence-electron chi connectivity index (χ1n) is 4.83. The number of aliphatic carboxylic acids is 1. The van der Waals surface area contributed by atoms with Crippen LogP contribution in [0, 0.1) is 0 Å². The van der Waals surface area contributed by atoms with Gasteiger partial charge < -0.3 is 5.11 Å². The van der Waals surface area contributed by atoms with Crippen molar-refractivity contribution in [3.05, 3.63) is 0 Å². The van der Waals surface area contributed by atoms with Gasteiger partial charge in [-0.05, 0) is 35.3 Å². The summed E-state index contributed by atoms with van der Waals surface area (Å²) in [5, 5.41) is 20.3. The van der Waals surface area contributed by atoms with E-state index in [1.165, 1.54) is 0 Å². The third-order valence-corrected chi connectivity index (χ3v) is 3.43. The lowest BCUT2D eigenvalue weighted by Gasteiger charge is -2.02. The SMILES string of the molecule is CSCCCCn1nnnc1SCC(=O)O. The van der Waals surface area contributed by atoms with E-state index in [0.29, 0.717) is 5.16 Å². The second-order valence-corrected chi connectivity index (χ2v) is 5.00. The number of carbonyl (C=O) groups is 1. The van der Waals surface area contributed by atoms with E-state index in [2.05, 4.69) is 21.8 Å². The van der Waals surface area contributed by atoms with Crippen LogP contribution in [0.3, 0.4) is 0 Å². The molecule has 8 heteroatoms. The number of hydrogen-bond acceptors (Lipinski definition) is 6. The van der Waals surface area contributed by atoms with Crippen LogP contribution >= 0.6 is 23.5 Å². The van der Waals surface area contributed by atoms with Crippen LogP contribution in [0.5, 0.6) is 0 Å². The van der Waals surface area contributed by atoms with Crippen molar-refractivity contribution in [3.8, 4) is 0 Å². The first kappa shape index (κ1) is 13.3. The number of carboxylic acids is 1. The lowest BCUT2D eigenvalue weighted by molar-refractivity contribution is -0.133. The van der Waals surface area contributed by atoms with E-state index >= 15 is 0 Å². The summed E-state index contributed by atoms with van der Waals surface area (Å²) in [5.41, 5.74) is 0. The van der Waals surface area contributed by atoms with E-state index in [-0.39, 0.29) is 5.75 Å². The molecule has 0 saturated carbocycles. The number of tetrazole rings is 1. The predicted octanol–water partition coefficient (Wildman–Crippen LogP) is 0.993. The highest BCUT2D eigenvalue weighted by Gasteiger charge is 2.08. The van der Waals surface area contributed by atoms with Gasteiger partial charge in [0.25, 0.3) is 0 Å². The van der Waals surface area contributed by atoms with Crippen LogP contribution < -0.4 is 0 Å². The Hall–Kier alpha value is -0.760. The number of aromatic nitrogens is 4. The summed E-state index contributed by atoms with van der Waals surface area (Å²) in [5.74, 6) is 0.257. The van der Waals surface area contributed by atoms with Gasteiger partial charge in [0.1, 0.15) is 0 Å². The molecule has 0 atom stereocenters. The Balaban J connectivity index is 2.35. The van der Waals surface area contributed by atoms with Crippen molar-refractivity contribution < 1.29 is 9.90 Å². The average Bonchev–Trinajstić information content (AvgIpc) is 2.69. The van der Waals surface area contributed by atoms with Gasteiger partial charge in [-0.3, -0.25) is 4.79 Å². The minimum absolute atomic E-state index is 0.00874. The monoisotopic (exact) mass is 262 g/mol. The summed E-state index contributed by atoms with van der Waals surface area (Å²) in [6.07, 6.45) is 4.20. The fraction of sp³-hybridized carbons (Fsp3) is 0.750. The molecule has 1 aromatic heterocycles. The summed E-state index contributed by atoms with van der Waals surface area (Å²) in [7, 11) is 0. The number of unbranched alkanes of at least 4 members (excludes halogenated alkanes) is 1. The normalized spacial score (nSPS) is 10.6. The lowest BCUT2D eigenvalue weighted by Crippen LogP contribution is -2.05. The highest BCUT2D eigenvalue weighted by molar-refractivity contribution is 7.99. The van der Waals surface area contributed by atoms with Gasteiger partial charge in [0.15, 0.2) is 0 Å². The smallest absolute Gasteiger partial charge is 0.313 e. The minimum atomic E-state index is -0.859. The molecule has 16 heavy (non-hydrogen) atoms. The van der Waals surface area contributed by atoms with Gasteiger partial charge in [0.05, 0.1) is 5.75 Å². The van der Waals surface area contributed by atoms with Gasteiger partial charge in [-0.2, -0.15) is 11.8 Å². The maximum absolute atomic E-state index is 10.4. The Morgan fingerprint density at radius 2 is 2.31 bits per heavy atom. The molecular weight excluding hydrogens is 248 g/mol. The molecule has 0 bridgehead atoms. The molecule has 1 rings (SSSR count). The summed E-state index contributed by atoms with van der Waals surface area (Å²) >= 11 is 2.96. The number of nitrogens with zero attached hydrogens (tertiary/aromatic N) is 4. The van der Waals surface area contributed by atoms with Gasteiger partial charge in [-0.25, -0.2) is 4.68 Å². The molecule has 1 aromatic rings. The van der Waals surface area contributed by atoms with Crippen LogP contribution in [-0.2, 0) is 11.3 Å². The van der Waals surface area contributed by atoms with E-state index < -0.39 is 5.97 Å². The van der Waals surface area contributed by atoms with Crippen molar-refractivity contribution in [1.29, 1.82) is 0 Å². The van der Waals surface area contributed by atoms with Gasteiger partial charge in [-0.1, -0.05) is 11.8 Å². The first-order valence-corrected chi connectivity index (χ1v) is 7.21. The maximum Gasteiger partial charge on any atom is 0.313 e. The van der Waals surface area contributed by atoms with E-state index in [0.717, 1.165) is 36.9 Å². The Kier molecular flexibility index (Phi) is 6.24. The molecule has 6 nitrogen and oxygen atoms in total. The quantitative estimate of drug-likeness (QED) is 0.552. The molecule has 0 radical (unpaired) electrons. The number of rotatable bonds is 8. The van der Waals surface area contributed by atoms with Crippen molar-refractivity contribution in [2.75, 3.05) is 17.8 Å². The van der Waals surface area contributed by atoms with Crippen molar-refractivity contribution in [1.82, 2.24) is 20.2 Å². The maximum atomic E-state index is 10.4. The van der Waals surface area contributed by atoms with Gasteiger partial charge in [0, 0.05) is 6.54 Å². The minimum Gasteiger partial charge on any atom is -0.481 e. The Morgan fingerprint density at radius 1 is 1.50 bits per heavy atom. The van der Waals surface area contributed by atoms with E-state index in [9.17, 15) is 4.79 Å². The summed E-state index contributed by atoms with van der Waals surface area (Å²) in [4.78, 5) is 10.4. The largest absolute Gasteiger partial charge is 0.481 e. The molecule has 90 valence electrons. The Morgan fingerprint density at radius 3 is 3.00 bits per heavy atom. The summed E-state index contributed by atoms with van der Waals surface area (Å²) < 4.78 is 1.66. The second kappa shape index (κ2) is 7.50. The van der Waals surface area contributed by atoms with E-state index in [4.69, 9.17) is 5.11 Å². The molecule has 0 aromatic carbocycles. The molecule has 0 aliphatic carbocycles. The van der Waals surface area contributed by atoms with Crippen LogP contribution in [-0.4, -0.2) is 49.0 Å². The first-order chi connectivity index (χ1) is 7.74. The van der Waals surface area contributed by atoms with Crippen molar-refractivity contribution in [2.45, 2.75) is 24.5 Å². The fourth-order valence-corrected chi connectivity index (χ4v) is 2.19. The molecule has 1 N–H and O–H groups in total. The second-order valence-electron chi connectivity index (χ2n) is 3.07. The zero-order valence-electron chi connectivity index (χ0n) is 9.00. The molecule has 0 spiro atoms. The standard InChI is InChI=1S/C8H14N4O2S2/c1-15-5-3-2-4-12-8(9-10-11-12)16-6-7(13)14/h2-6H2,1H3,(H,13,14). The molecule has 1 heterocycles. The molecule has 0 saturated heterocycles. The Labute approximate surface area is 102 Å². The average molecular weight is 262 g/mol. The van der Waals surface area contributed by atoms with Gasteiger partial charge >= 0.3 is 5.97 Å².